The van der Waals surface area contributed by atoms with Gasteiger partial charge in [0.2, 0.25) is 0 Å². The maximum absolute atomic E-state index is 6.01. The number of hydrogen-bond donors (Lipinski definition) is 1. The largest absolute Gasteiger partial charge is 0.485 e. The molecule has 0 aliphatic rings. The third kappa shape index (κ3) is 3.14. The molecule has 88 valence electrons. The maximum atomic E-state index is 6.01. The van der Waals surface area contributed by atoms with Crippen molar-refractivity contribution in [2.24, 2.45) is 0 Å². The highest BCUT2D eigenvalue weighted by molar-refractivity contribution is 9.10. The molecule has 0 unspecified atom stereocenters. The van der Waals surface area contributed by atoms with Gasteiger partial charge < -0.3 is 10.5 Å². The van der Waals surface area contributed by atoms with Crippen LogP contribution in [0.2, 0.25) is 5.02 Å². The predicted octanol–water partition coefficient (Wildman–Crippen LogP) is 4.26. The Morgan fingerprint density at radius 3 is 2.47 bits per heavy atom. The molecule has 2 rings (SSSR count). The number of rotatable bonds is 3. The molecule has 17 heavy (non-hydrogen) atoms. The summed E-state index contributed by atoms with van der Waals surface area (Å²) in [5.74, 6) is 0.539. The molecule has 0 bridgehead atoms. The molecular weight excluding hydrogens is 302 g/mol. The molecule has 0 amide bonds. The highest BCUT2D eigenvalue weighted by Gasteiger charge is 2.05. The Morgan fingerprint density at radius 2 is 1.82 bits per heavy atom. The molecule has 0 saturated heterocycles. The van der Waals surface area contributed by atoms with Gasteiger partial charge in [-0.2, -0.15) is 0 Å². The van der Waals surface area contributed by atoms with E-state index in [0.29, 0.717) is 23.1 Å². The van der Waals surface area contributed by atoms with Crippen LogP contribution in [0.3, 0.4) is 0 Å². The number of ether oxygens (including phenoxy) is 1. The topological polar surface area (TPSA) is 35.2 Å². The molecule has 0 saturated carbocycles. The van der Waals surface area contributed by atoms with E-state index in [1.165, 1.54) is 0 Å². The van der Waals surface area contributed by atoms with Crippen LogP contribution in [0.4, 0.5) is 5.69 Å². The van der Waals surface area contributed by atoms with Crippen LogP contribution >= 0.6 is 27.5 Å². The summed E-state index contributed by atoms with van der Waals surface area (Å²) in [7, 11) is 0. The van der Waals surface area contributed by atoms with Gasteiger partial charge in [0.25, 0.3) is 0 Å². The van der Waals surface area contributed by atoms with Crippen LogP contribution < -0.4 is 10.5 Å². The van der Waals surface area contributed by atoms with E-state index >= 15 is 0 Å². The van der Waals surface area contributed by atoms with Crippen molar-refractivity contribution in [3.05, 3.63) is 57.5 Å². The summed E-state index contributed by atoms with van der Waals surface area (Å²) >= 11 is 9.39. The minimum atomic E-state index is 0.446. The third-order valence-electron chi connectivity index (χ3n) is 2.29. The molecule has 0 heterocycles. The first-order valence-electron chi connectivity index (χ1n) is 5.08. The van der Waals surface area contributed by atoms with Gasteiger partial charge in [0, 0.05) is 4.47 Å². The van der Waals surface area contributed by atoms with Crippen molar-refractivity contribution in [1.82, 2.24) is 0 Å². The lowest BCUT2D eigenvalue weighted by atomic mass is 10.2. The fourth-order valence-electron chi connectivity index (χ4n) is 1.41. The average molecular weight is 313 g/mol. The third-order valence-corrected chi connectivity index (χ3v) is 3.12. The van der Waals surface area contributed by atoms with Gasteiger partial charge in [0.1, 0.15) is 6.61 Å². The second-order valence-corrected chi connectivity index (χ2v) is 4.90. The first kappa shape index (κ1) is 12.3. The zero-order valence-corrected chi connectivity index (χ0v) is 11.3. The van der Waals surface area contributed by atoms with E-state index < -0.39 is 0 Å². The van der Waals surface area contributed by atoms with Crippen LogP contribution in [-0.4, -0.2) is 0 Å². The van der Waals surface area contributed by atoms with E-state index in [1.807, 2.05) is 24.3 Å². The van der Waals surface area contributed by atoms with Gasteiger partial charge in [0.15, 0.2) is 5.75 Å². The summed E-state index contributed by atoms with van der Waals surface area (Å²) in [5, 5.41) is 0.530. The van der Waals surface area contributed by atoms with E-state index in [0.717, 1.165) is 10.0 Å². The van der Waals surface area contributed by atoms with Gasteiger partial charge in [-0.1, -0.05) is 45.7 Å². The summed E-state index contributed by atoms with van der Waals surface area (Å²) < 4.78 is 6.66. The van der Waals surface area contributed by atoms with Crippen LogP contribution in [-0.2, 0) is 6.61 Å². The summed E-state index contributed by atoms with van der Waals surface area (Å²) in [6.07, 6.45) is 0. The minimum absolute atomic E-state index is 0.446. The van der Waals surface area contributed by atoms with Crippen molar-refractivity contribution in [1.29, 1.82) is 0 Å². The van der Waals surface area contributed by atoms with Crippen molar-refractivity contribution in [2.75, 3.05) is 5.73 Å². The summed E-state index contributed by atoms with van der Waals surface area (Å²) in [5.41, 5.74) is 7.41. The molecule has 0 aromatic heterocycles. The first-order chi connectivity index (χ1) is 8.16. The monoisotopic (exact) mass is 311 g/mol. The smallest absolute Gasteiger partial charge is 0.161 e. The second-order valence-electron chi connectivity index (χ2n) is 3.57. The van der Waals surface area contributed by atoms with Crippen LogP contribution in [0.25, 0.3) is 0 Å². The van der Waals surface area contributed by atoms with Crippen LogP contribution in [0, 0.1) is 0 Å². The lowest BCUT2D eigenvalue weighted by molar-refractivity contribution is 0.308. The lowest BCUT2D eigenvalue weighted by Gasteiger charge is -2.10. The van der Waals surface area contributed by atoms with Gasteiger partial charge in [-0.15, -0.1) is 0 Å². The SMILES string of the molecule is Nc1cccc(Cl)c1OCc1ccc(Br)cc1. The predicted molar refractivity (Wildman–Crippen MR) is 74.3 cm³/mol. The average Bonchev–Trinajstić information content (AvgIpc) is 2.31. The number of benzene rings is 2. The van der Waals surface area contributed by atoms with Crippen molar-refractivity contribution < 1.29 is 4.74 Å². The normalized spacial score (nSPS) is 10.2. The maximum Gasteiger partial charge on any atom is 0.161 e. The lowest BCUT2D eigenvalue weighted by Crippen LogP contribution is -1.99. The molecule has 0 aliphatic heterocycles. The van der Waals surface area contributed by atoms with Gasteiger partial charge in [0.05, 0.1) is 10.7 Å². The molecule has 2 nitrogen and oxygen atoms in total. The number of hydrogen-bond acceptors (Lipinski definition) is 2. The van der Waals surface area contributed by atoms with Crippen LogP contribution in [0.5, 0.6) is 5.75 Å². The van der Waals surface area contributed by atoms with E-state index in [2.05, 4.69) is 15.9 Å². The standard InChI is InChI=1S/C13H11BrClNO/c14-10-6-4-9(5-7-10)8-17-13-11(15)2-1-3-12(13)16/h1-7H,8,16H2. The van der Waals surface area contributed by atoms with E-state index in [1.54, 1.807) is 18.2 Å². The van der Waals surface area contributed by atoms with Crippen molar-refractivity contribution in [2.45, 2.75) is 6.61 Å². The molecule has 0 radical (unpaired) electrons. The van der Waals surface area contributed by atoms with Gasteiger partial charge >= 0.3 is 0 Å². The molecule has 2 aromatic rings. The van der Waals surface area contributed by atoms with E-state index in [-0.39, 0.29) is 0 Å². The van der Waals surface area contributed by atoms with Crippen LogP contribution in [0.15, 0.2) is 46.9 Å². The van der Waals surface area contributed by atoms with Gasteiger partial charge in [-0.25, -0.2) is 0 Å². The number of para-hydroxylation sites is 1. The Bertz CT molecular complexity index is 493. The quantitative estimate of drug-likeness (QED) is 0.859. The number of nitrogen functional groups attached to an aromatic ring is 1. The highest BCUT2D eigenvalue weighted by Crippen LogP contribution is 2.31. The molecular formula is C13H11BrClNO. The second kappa shape index (κ2) is 5.43. The van der Waals surface area contributed by atoms with E-state index in [4.69, 9.17) is 22.1 Å². The zero-order chi connectivity index (χ0) is 12.3. The molecule has 0 spiro atoms. The Balaban J connectivity index is 2.10. The molecule has 0 fully saturated rings. The Kier molecular flexibility index (Phi) is 3.92. The number of halogens is 2. The first-order valence-corrected chi connectivity index (χ1v) is 6.25. The minimum Gasteiger partial charge on any atom is -0.485 e. The zero-order valence-electron chi connectivity index (χ0n) is 8.99. The van der Waals surface area contributed by atoms with Crippen molar-refractivity contribution in [3.63, 3.8) is 0 Å². The summed E-state index contributed by atoms with van der Waals surface area (Å²) in [4.78, 5) is 0. The van der Waals surface area contributed by atoms with Crippen molar-refractivity contribution in [3.8, 4) is 5.75 Å². The summed E-state index contributed by atoms with van der Waals surface area (Å²) in [6, 6.07) is 13.2. The summed E-state index contributed by atoms with van der Waals surface area (Å²) in [6.45, 7) is 0.446. The molecule has 0 atom stereocenters. The Hall–Kier alpha value is -1.19. The number of nitrogens with two attached hydrogens (primary N) is 1. The fourth-order valence-corrected chi connectivity index (χ4v) is 1.91. The molecule has 2 aromatic carbocycles. The molecule has 2 N–H and O–H groups in total. The highest BCUT2D eigenvalue weighted by atomic mass is 79.9. The molecule has 4 heteroatoms. The van der Waals surface area contributed by atoms with E-state index in [9.17, 15) is 0 Å². The van der Waals surface area contributed by atoms with Gasteiger partial charge in [-0.3, -0.25) is 0 Å². The Labute approximate surface area is 113 Å². The number of anilines is 1. The Morgan fingerprint density at radius 1 is 1.12 bits per heavy atom. The fraction of sp³-hybridized carbons (Fsp3) is 0.0769. The van der Waals surface area contributed by atoms with Crippen molar-refractivity contribution >= 4 is 33.2 Å². The molecule has 0 aliphatic carbocycles. The van der Waals surface area contributed by atoms with Gasteiger partial charge in [-0.05, 0) is 29.8 Å². The van der Waals surface area contributed by atoms with Crippen LogP contribution in [0.1, 0.15) is 5.56 Å².